The first-order chi connectivity index (χ1) is 10.2. The van der Waals surface area contributed by atoms with Crippen molar-refractivity contribution >= 4 is 36.4 Å². The Labute approximate surface area is 150 Å². The van der Waals surface area contributed by atoms with Crippen molar-refractivity contribution in [2.45, 2.75) is 31.8 Å². The van der Waals surface area contributed by atoms with Gasteiger partial charge in [0.05, 0.1) is 6.04 Å². The van der Waals surface area contributed by atoms with Crippen LogP contribution in [0.2, 0.25) is 0 Å². The number of benzene rings is 1. The summed E-state index contributed by atoms with van der Waals surface area (Å²) in [6.45, 7) is 2.76. The van der Waals surface area contributed by atoms with Gasteiger partial charge in [0.1, 0.15) is 5.75 Å². The molecular formula is C14H20Cl2F3N3O2. The van der Waals surface area contributed by atoms with E-state index < -0.39 is 12.4 Å². The minimum atomic E-state index is -4.71. The minimum Gasteiger partial charge on any atom is -0.406 e. The van der Waals surface area contributed by atoms with Crippen molar-refractivity contribution in [2.75, 3.05) is 18.0 Å². The number of halogens is 5. The van der Waals surface area contributed by atoms with E-state index in [0.29, 0.717) is 25.2 Å². The molecule has 1 aromatic rings. The van der Waals surface area contributed by atoms with Crippen LogP contribution in [0.4, 0.5) is 18.9 Å². The molecule has 1 aromatic carbocycles. The molecule has 5 nitrogen and oxygen atoms in total. The van der Waals surface area contributed by atoms with Crippen molar-refractivity contribution in [3.63, 3.8) is 0 Å². The van der Waals surface area contributed by atoms with Gasteiger partial charge in [-0.1, -0.05) is 6.07 Å². The molecule has 0 saturated carbocycles. The van der Waals surface area contributed by atoms with E-state index in [1.165, 1.54) is 18.2 Å². The molecule has 1 aliphatic rings. The highest BCUT2D eigenvalue weighted by Crippen LogP contribution is 2.28. The smallest absolute Gasteiger partial charge is 0.406 e. The minimum absolute atomic E-state index is 0. The van der Waals surface area contributed by atoms with Gasteiger partial charge in [-0.3, -0.25) is 4.79 Å². The maximum atomic E-state index is 12.2. The second kappa shape index (κ2) is 9.19. The van der Waals surface area contributed by atoms with E-state index in [1.807, 2.05) is 4.90 Å². The third-order valence-electron chi connectivity index (χ3n) is 3.36. The highest BCUT2D eigenvalue weighted by atomic mass is 35.5. The molecule has 0 aliphatic carbocycles. The number of nitrogens with two attached hydrogens (primary N) is 1. The monoisotopic (exact) mass is 389 g/mol. The molecule has 0 spiro atoms. The fourth-order valence-electron chi connectivity index (χ4n) is 2.32. The number of nitrogens with zero attached hydrogens (tertiary/aromatic N) is 1. The predicted molar refractivity (Wildman–Crippen MR) is 90.0 cm³/mol. The van der Waals surface area contributed by atoms with Gasteiger partial charge >= 0.3 is 6.36 Å². The third kappa shape index (κ3) is 6.62. The molecule has 0 aromatic heterocycles. The van der Waals surface area contributed by atoms with E-state index in [-0.39, 0.29) is 42.5 Å². The average Bonchev–Trinajstić information content (AvgIpc) is 2.85. The third-order valence-corrected chi connectivity index (χ3v) is 3.36. The van der Waals surface area contributed by atoms with Gasteiger partial charge in [0.25, 0.3) is 0 Å². The summed E-state index contributed by atoms with van der Waals surface area (Å²) in [4.78, 5) is 13.5. The number of nitrogens with one attached hydrogen (secondary N) is 1. The zero-order valence-corrected chi connectivity index (χ0v) is 14.5. The van der Waals surface area contributed by atoms with Crippen LogP contribution in [0.3, 0.4) is 0 Å². The lowest BCUT2D eigenvalue weighted by molar-refractivity contribution is -0.274. The largest absolute Gasteiger partial charge is 0.573 e. The maximum Gasteiger partial charge on any atom is 0.573 e. The van der Waals surface area contributed by atoms with Crippen LogP contribution in [0.1, 0.15) is 13.3 Å². The predicted octanol–water partition coefficient (Wildman–Crippen LogP) is 2.47. The lowest BCUT2D eigenvalue weighted by Crippen LogP contribution is -2.44. The van der Waals surface area contributed by atoms with Crippen LogP contribution in [0.5, 0.6) is 5.75 Å². The van der Waals surface area contributed by atoms with Crippen LogP contribution in [-0.2, 0) is 4.79 Å². The van der Waals surface area contributed by atoms with Crippen LogP contribution in [0.15, 0.2) is 24.3 Å². The number of ether oxygens (including phenoxy) is 1. The zero-order chi connectivity index (χ0) is 16.3. The van der Waals surface area contributed by atoms with Crippen molar-refractivity contribution in [1.29, 1.82) is 0 Å². The number of carbonyl (C=O) groups is 1. The molecule has 3 N–H and O–H groups in total. The Balaban J connectivity index is 0.00000264. The van der Waals surface area contributed by atoms with Gasteiger partial charge in [0.15, 0.2) is 0 Å². The molecule has 2 atom stereocenters. The van der Waals surface area contributed by atoms with Crippen molar-refractivity contribution in [3.8, 4) is 5.75 Å². The molecule has 10 heteroatoms. The molecule has 1 saturated heterocycles. The molecule has 1 aliphatic heterocycles. The lowest BCUT2D eigenvalue weighted by atomic mass is 10.2. The summed E-state index contributed by atoms with van der Waals surface area (Å²) in [7, 11) is 0. The molecular weight excluding hydrogens is 370 g/mol. The number of anilines is 1. The van der Waals surface area contributed by atoms with E-state index in [1.54, 1.807) is 13.0 Å². The molecule has 0 bridgehead atoms. The van der Waals surface area contributed by atoms with Crippen LogP contribution in [-0.4, -0.2) is 37.4 Å². The summed E-state index contributed by atoms with van der Waals surface area (Å²) >= 11 is 0. The Morgan fingerprint density at radius 1 is 1.42 bits per heavy atom. The zero-order valence-electron chi connectivity index (χ0n) is 12.9. The van der Waals surface area contributed by atoms with Crippen LogP contribution < -0.4 is 20.7 Å². The van der Waals surface area contributed by atoms with Gasteiger partial charge in [-0.15, -0.1) is 38.0 Å². The Kier molecular flexibility index (Phi) is 8.67. The normalized spacial score (nSPS) is 18.2. The Bertz CT molecular complexity index is 544. The quantitative estimate of drug-likeness (QED) is 0.829. The molecule has 1 fully saturated rings. The van der Waals surface area contributed by atoms with Crippen molar-refractivity contribution < 1.29 is 22.7 Å². The van der Waals surface area contributed by atoms with Gasteiger partial charge in [-0.05, 0) is 25.5 Å². The number of amides is 1. The van der Waals surface area contributed by atoms with Gasteiger partial charge < -0.3 is 20.7 Å². The van der Waals surface area contributed by atoms with Crippen molar-refractivity contribution in [1.82, 2.24) is 5.32 Å². The fraction of sp³-hybridized carbons (Fsp3) is 0.500. The number of hydrogen-bond donors (Lipinski definition) is 2. The Hall–Kier alpha value is -1.38. The van der Waals surface area contributed by atoms with Crippen LogP contribution in [0, 0.1) is 0 Å². The van der Waals surface area contributed by atoms with Gasteiger partial charge in [0.2, 0.25) is 5.91 Å². The fourth-order valence-corrected chi connectivity index (χ4v) is 2.32. The SMILES string of the molecule is C[C@@H](N)C(=O)NC1CCN(c2cccc(OC(F)(F)F)c2)C1.Cl.Cl. The van der Waals surface area contributed by atoms with E-state index >= 15 is 0 Å². The molecule has 1 amide bonds. The molecule has 0 radical (unpaired) electrons. The molecule has 2 rings (SSSR count). The molecule has 1 unspecified atom stereocenters. The second-order valence-electron chi connectivity index (χ2n) is 5.27. The van der Waals surface area contributed by atoms with E-state index in [0.717, 1.165) is 0 Å². The average molecular weight is 390 g/mol. The lowest BCUT2D eigenvalue weighted by Gasteiger charge is -2.20. The standard InChI is InChI=1S/C14H18F3N3O2.2ClH/c1-9(18)13(21)19-10-5-6-20(8-10)11-3-2-4-12(7-11)22-14(15,16)17;;/h2-4,7,9-10H,5-6,8,18H2,1H3,(H,19,21);2*1H/t9-,10?;;/m1../s1. The second-order valence-corrected chi connectivity index (χ2v) is 5.27. The van der Waals surface area contributed by atoms with Gasteiger partial charge in [0, 0.05) is 30.9 Å². The Morgan fingerprint density at radius 2 is 2.08 bits per heavy atom. The first-order valence-corrected chi connectivity index (χ1v) is 6.91. The van der Waals surface area contributed by atoms with Gasteiger partial charge in [-0.25, -0.2) is 0 Å². The summed E-state index contributed by atoms with van der Waals surface area (Å²) in [5.41, 5.74) is 6.11. The van der Waals surface area contributed by atoms with Crippen LogP contribution >= 0.6 is 24.8 Å². The van der Waals surface area contributed by atoms with E-state index in [4.69, 9.17) is 5.73 Å². The van der Waals surface area contributed by atoms with Crippen molar-refractivity contribution in [2.24, 2.45) is 5.73 Å². The summed E-state index contributed by atoms with van der Waals surface area (Å²) in [6.07, 6.45) is -4.00. The first kappa shape index (κ1) is 22.6. The number of rotatable bonds is 4. The van der Waals surface area contributed by atoms with Gasteiger partial charge in [-0.2, -0.15) is 0 Å². The van der Waals surface area contributed by atoms with E-state index in [2.05, 4.69) is 10.1 Å². The van der Waals surface area contributed by atoms with Crippen LogP contribution in [0.25, 0.3) is 0 Å². The van der Waals surface area contributed by atoms with Crippen molar-refractivity contribution in [3.05, 3.63) is 24.3 Å². The number of hydrogen-bond acceptors (Lipinski definition) is 4. The maximum absolute atomic E-state index is 12.2. The highest BCUT2D eigenvalue weighted by molar-refractivity contribution is 5.85. The number of alkyl halides is 3. The number of carbonyl (C=O) groups excluding carboxylic acids is 1. The van der Waals surface area contributed by atoms with E-state index in [9.17, 15) is 18.0 Å². The molecule has 24 heavy (non-hydrogen) atoms. The summed E-state index contributed by atoms with van der Waals surface area (Å²) in [5, 5.41) is 2.81. The Morgan fingerprint density at radius 3 is 2.67 bits per heavy atom. The molecule has 1 heterocycles. The summed E-state index contributed by atoms with van der Waals surface area (Å²) in [5.74, 6) is -0.492. The first-order valence-electron chi connectivity index (χ1n) is 6.91. The summed E-state index contributed by atoms with van der Waals surface area (Å²) in [6, 6.07) is 5.15. The summed E-state index contributed by atoms with van der Waals surface area (Å²) < 4.78 is 40.6. The topological polar surface area (TPSA) is 67.6 Å². The highest BCUT2D eigenvalue weighted by Gasteiger charge is 2.31. The molecule has 138 valence electrons.